The van der Waals surface area contributed by atoms with Crippen LogP contribution in [-0.4, -0.2) is 17.0 Å². The molecule has 0 fully saturated rings. The van der Waals surface area contributed by atoms with Crippen molar-refractivity contribution in [3.05, 3.63) is 70.4 Å². The summed E-state index contributed by atoms with van der Waals surface area (Å²) in [6.07, 6.45) is 0. The predicted molar refractivity (Wildman–Crippen MR) is 87.6 cm³/mol. The van der Waals surface area contributed by atoms with Gasteiger partial charge in [-0.25, -0.2) is 4.98 Å². The van der Waals surface area contributed by atoms with Gasteiger partial charge in [-0.3, -0.25) is 10.1 Å². The van der Waals surface area contributed by atoms with Crippen LogP contribution in [0.2, 0.25) is 0 Å². The van der Waals surface area contributed by atoms with Gasteiger partial charge in [-0.2, -0.15) is 5.26 Å². The summed E-state index contributed by atoms with van der Waals surface area (Å²) in [6, 6.07) is 18.4. The fraction of sp³-hybridized carbons (Fsp3) is 0.0588. The number of rotatable bonds is 3. The summed E-state index contributed by atoms with van der Waals surface area (Å²) in [6.45, 7) is 0. The van der Waals surface area contributed by atoms with Crippen LogP contribution in [0, 0.1) is 21.4 Å². The van der Waals surface area contributed by atoms with Crippen LogP contribution in [0.3, 0.4) is 0 Å². The molecular weight excluding hydrogens is 292 g/mol. The molecule has 1 heterocycles. The summed E-state index contributed by atoms with van der Waals surface area (Å²) in [5, 5.41) is 22.1. The smallest absolute Gasteiger partial charge is 0.305 e. The molecule has 0 saturated heterocycles. The molecule has 6 nitrogen and oxygen atoms in total. The summed E-state index contributed by atoms with van der Waals surface area (Å²) in [5.74, 6) is 0.475. The number of fused-ring (bicyclic) bond motifs is 1. The number of nitriles is 1. The lowest BCUT2D eigenvalue weighted by Gasteiger charge is -2.20. The highest BCUT2D eigenvalue weighted by atomic mass is 16.6. The van der Waals surface area contributed by atoms with E-state index in [0.717, 1.165) is 16.5 Å². The van der Waals surface area contributed by atoms with E-state index in [2.05, 4.69) is 4.98 Å². The van der Waals surface area contributed by atoms with Crippen molar-refractivity contribution in [2.75, 3.05) is 11.9 Å². The van der Waals surface area contributed by atoms with Crippen LogP contribution in [-0.2, 0) is 0 Å². The number of nitro groups is 1. The van der Waals surface area contributed by atoms with E-state index >= 15 is 0 Å². The van der Waals surface area contributed by atoms with Crippen molar-refractivity contribution in [2.45, 2.75) is 0 Å². The first kappa shape index (κ1) is 14.5. The van der Waals surface area contributed by atoms with Crippen molar-refractivity contribution < 1.29 is 4.92 Å². The molecule has 3 rings (SSSR count). The fourth-order valence-corrected chi connectivity index (χ4v) is 2.48. The van der Waals surface area contributed by atoms with Crippen LogP contribution >= 0.6 is 0 Å². The third-order valence-corrected chi connectivity index (χ3v) is 3.63. The first-order chi connectivity index (χ1) is 11.1. The zero-order chi connectivity index (χ0) is 16.4. The Bertz CT molecular complexity index is 941. The van der Waals surface area contributed by atoms with Crippen LogP contribution in [0.25, 0.3) is 10.8 Å². The van der Waals surface area contributed by atoms with E-state index in [1.54, 1.807) is 12.1 Å². The zero-order valence-electron chi connectivity index (χ0n) is 12.3. The minimum absolute atomic E-state index is 0.195. The van der Waals surface area contributed by atoms with Gasteiger partial charge in [0.15, 0.2) is 0 Å². The second-order valence-corrected chi connectivity index (χ2v) is 4.96. The van der Waals surface area contributed by atoms with Gasteiger partial charge in [0.05, 0.1) is 4.92 Å². The van der Waals surface area contributed by atoms with Crippen LogP contribution in [0.15, 0.2) is 54.6 Å². The molecular formula is C17H12N4O2. The van der Waals surface area contributed by atoms with E-state index in [4.69, 9.17) is 5.26 Å². The van der Waals surface area contributed by atoms with Crippen molar-refractivity contribution in [1.29, 1.82) is 5.26 Å². The van der Waals surface area contributed by atoms with Gasteiger partial charge in [0.2, 0.25) is 5.69 Å². The second kappa shape index (κ2) is 5.73. The molecule has 1 aromatic heterocycles. The van der Waals surface area contributed by atoms with Crippen molar-refractivity contribution in [3.8, 4) is 6.07 Å². The van der Waals surface area contributed by atoms with E-state index in [1.807, 2.05) is 54.4 Å². The SMILES string of the molecule is CN(c1ccc([N+](=O)[O-])c(C#N)n1)c1cccc2ccccc12. The molecule has 0 spiro atoms. The molecule has 0 N–H and O–H groups in total. The van der Waals surface area contributed by atoms with E-state index in [-0.39, 0.29) is 11.4 Å². The number of aromatic nitrogens is 1. The van der Waals surface area contributed by atoms with Gasteiger partial charge in [0.1, 0.15) is 11.9 Å². The van der Waals surface area contributed by atoms with Crippen LogP contribution in [0.4, 0.5) is 17.2 Å². The monoisotopic (exact) mass is 304 g/mol. The summed E-state index contributed by atoms with van der Waals surface area (Å²) in [4.78, 5) is 16.2. The number of pyridine rings is 1. The number of hydrogen-bond donors (Lipinski definition) is 0. The van der Waals surface area contributed by atoms with E-state index in [1.165, 1.54) is 6.07 Å². The Labute approximate surface area is 132 Å². The largest absolute Gasteiger partial charge is 0.329 e. The maximum absolute atomic E-state index is 10.9. The molecule has 0 radical (unpaired) electrons. The quantitative estimate of drug-likeness (QED) is 0.543. The Hall–Kier alpha value is -3.46. The molecule has 0 amide bonds. The lowest BCUT2D eigenvalue weighted by Crippen LogP contribution is -2.12. The maximum atomic E-state index is 10.9. The second-order valence-electron chi connectivity index (χ2n) is 4.96. The fourth-order valence-electron chi connectivity index (χ4n) is 2.48. The molecule has 0 aliphatic rings. The highest BCUT2D eigenvalue weighted by Crippen LogP contribution is 2.31. The van der Waals surface area contributed by atoms with Crippen molar-refractivity contribution in [1.82, 2.24) is 4.98 Å². The minimum Gasteiger partial charge on any atom is -0.329 e. The number of hydrogen-bond acceptors (Lipinski definition) is 5. The van der Waals surface area contributed by atoms with Crippen molar-refractivity contribution in [3.63, 3.8) is 0 Å². The molecule has 0 bridgehead atoms. The molecule has 2 aromatic carbocycles. The molecule has 112 valence electrons. The van der Waals surface area contributed by atoms with Gasteiger partial charge in [-0.05, 0) is 17.5 Å². The van der Waals surface area contributed by atoms with Crippen LogP contribution < -0.4 is 4.90 Å². The number of nitrogens with zero attached hydrogens (tertiary/aromatic N) is 4. The standard InChI is InChI=1S/C17H12N4O2/c1-20(15-8-4-6-12-5-2-3-7-13(12)15)17-10-9-16(21(22)23)14(11-18)19-17/h2-10H,1H3. The molecule has 6 heteroatoms. The topological polar surface area (TPSA) is 83.1 Å². The molecule has 0 atom stereocenters. The molecule has 0 aliphatic carbocycles. The molecule has 0 saturated carbocycles. The van der Waals surface area contributed by atoms with Gasteiger partial charge >= 0.3 is 5.69 Å². The van der Waals surface area contributed by atoms with Gasteiger partial charge in [-0.1, -0.05) is 36.4 Å². The maximum Gasteiger partial charge on any atom is 0.305 e. The van der Waals surface area contributed by atoms with Crippen molar-refractivity contribution >= 4 is 28.0 Å². The van der Waals surface area contributed by atoms with Gasteiger partial charge < -0.3 is 4.90 Å². The van der Waals surface area contributed by atoms with Crippen LogP contribution in [0.5, 0.6) is 0 Å². The van der Waals surface area contributed by atoms with E-state index in [0.29, 0.717) is 5.82 Å². The number of benzene rings is 2. The summed E-state index contributed by atoms with van der Waals surface area (Å²) in [5.41, 5.74) is 0.426. The first-order valence-corrected chi connectivity index (χ1v) is 6.89. The Morgan fingerprint density at radius 3 is 2.61 bits per heavy atom. The third-order valence-electron chi connectivity index (χ3n) is 3.63. The molecule has 0 unspecified atom stereocenters. The lowest BCUT2D eigenvalue weighted by molar-refractivity contribution is -0.385. The zero-order valence-corrected chi connectivity index (χ0v) is 12.3. The molecule has 0 aliphatic heterocycles. The highest BCUT2D eigenvalue weighted by Gasteiger charge is 2.18. The first-order valence-electron chi connectivity index (χ1n) is 6.89. The Morgan fingerprint density at radius 2 is 1.87 bits per heavy atom. The van der Waals surface area contributed by atoms with E-state index in [9.17, 15) is 10.1 Å². The highest BCUT2D eigenvalue weighted by molar-refractivity contribution is 5.95. The number of anilines is 2. The van der Waals surface area contributed by atoms with Crippen LogP contribution in [0.1, 0.15) is 5.69 Å². The van der Waals surface area contributed by atoms with Gasteiger partial charge in [0, 0.05) is 24.2 Å². The average Bonchev–Trinajstić information content (AvgIpc) is 2.59. The molecule has 3 aromatic rings. The Morgan fingerprint density at radius 1 is 1.13 bits per heavy atom. The Kier molecular flexibility index (Phi) is 3.61. The molecule has 23 heavy (non-hydrogen) atoms. The normalized spacial score (nSPS) is 10.3. The minimum atomic E-state index is -0.604. The van der Waals surface area contributed by atoms with E-state index < -0.39 is 4.92 Å². The van der Waals surface area contributed by atoms with Gasteiger partial charge in [0.25, 0.3) is 0 Å². The van der Waals surface area contributed by atoms with Crippen molar-refractivity contribution in [2.24, 2.45) is 0 Å². The summed E-state index contributed by atoms with van der Waals surface area (Å²) >= 11 is 0. The lowest BCUT2D eigenvalue weighted by atomic mass is 10.1. The predicted octanol–water partition coefficient (Wildman–Crippen LogP) is 3.78. The average molecular weight is 304 g/mol. The summed E-state index contributed by atoms with van der Waals surface area (Å²) < 4.78 is 0. The van der Waals surface area contributed by atoms with Gasteiger partial charge in [-0.15, -0.1) is 0 Å². The summed E-state index contributed by atoms with van der Waals surface area (Å²) in [7, 11) is 1.82. The Balaban J connectivity index is 2.11. The third kappa shape index (κ3) is 2.56.